The molecule has 1 unspecified atom stereocenters. The number of nitrogens with zero attached hydrogens (tertiary/aromatic N) is 2. The molecule has 0 radical (unpaired) electrons. The summed E-state index contributed by atoms with van der Waals surface area (Å²) in [5.74, 6) is 1.16. The summed E-state index contributed by atoms with van der Waals surface area (Å²) in [6, 6.07) is 16.8. The minimum absolute atomic E-state index is 0.0903. The lowest BCUT2D eigenvalue weighted by Crippen LogP contribution is -2.33. The van der Waals surface area contributed by atoms with E-state index in [1.165, 1.54) is 0 Å². The number of hydrogen-bond donors (Lipinski definition) is 2. The zero-order valence-corrected chi connectivity index (χ0v) is 15.1. The predicted octanol–water partition coefficient (Wildman–Crippen LogP) is 3.68. The van der Waals surface area contributed by atoms with Gasteiger partial charge in [0.15, 0.2) is 5.96 Å². The third kappa shape index (κ3) is 3.84. The summed E-state index contributed by atoms with van der Waals surface area (Å²) >= 11 is 0. The van der Waals surface area contributed by atoms with Crippen LogP contribution in [0.3, 0.4) is 0 Å². The van der Waals surface area contributed by atoms with Gasteiger partial charge < -0.3 is 15.2 Å². The van der Waals surface area contributed by atoms with Gasteiger partial charge in [-0.1, -0.05) is 54.5 Å². The highest BCUT2D eigenvalue weighted by Crippen LogP contribution is 2.29. The van der Waals surface area contributed by atoms with E-state index in [2.05, 4.69) is 20.8 Å². The van der Waals surface area contributed by atoms with Crippen molar-refractivity contribution in [3.8, 4) is 11.1 Å². The smallest absolute Gasteiger partial charge is 0.191 e. The monoisotopic (exact) mass is 364 g/mol. The van der Waals surface area contributed by atoms with Crippen LogP contribution in [0.4, 0.5) is 4.39 Å². The average molecular weight is 364 g/mol. The van der Waals surface area contributed by atoms with E-state index < -0.39 is 0 Å². The Labute approximate surface area is 157 Å². The molecule has 0 bridgehead atoms. The fraction of sp³-hybridized carbons (Fsp3) is 0.238. The van der Waals surface area contributed by atoms with E-state index in [1.54, 1.807) is 6.07 Å². The van der Waals surface area contributed by atoms with Crippen molar-refractivity contribution in [3.63, 3.8) is 0 Å². The first-order chi connectivity index (χ1) is 13.2. The molecule has 2 heterocycles. The van der Waals surface area contributed by atoms with Crippen LogP contribution >= 0.6 is 0 Å². The lowest BCUT2D eigenvalue weighted by Gasteiger charge is -2.10. The summed E-state index contributed by atoms with van der Waals surface area (Å²) in [6.07, 6.45) is 0. The molecule has 3 aromatic rings. The molecule has 5 nitrogen and oxygen atoms in total. The maximum absolute atomic E-state index is 14.6. The van der Waals surface area contributed by atoms with Gasteiger partial charge in [-0.05, 0) is 17.2 Å². The number of aliphatic imine (C=N–C) groups is 1. The summed E-state index contributed by atoms with van der Waals surface area (Å²) < 4.78 is 20.1. The van der Waals surface area contributed by atoms with E-state index in [4.69, 9.17) is 4.52 Å². The molecule has 2 N–H and O–H groups in total. The van der Waals surface area contributed by atoms with Gasteiger partial charge in [0, 0.05) is 24.1 Å². The highest BCUT2D eigenvalue weighted by atomic mass is 19.1. The number of aromatic nitrogens is 1. The lowest BCUT2D eigenvalue weighted by atomic mass is 9.95. The molecule has 2 aromatic carbocycles. The van der Waals surface area contributed by atoms with Crippen molar-refractivity contribution in [2.24, 2.45) is 4.99 Å². The summed E-state index contributed by atoms with van der Waals surface area (Å²) in [4.78, 5) is 4.28. The van der Waals surface area contributed by atoms with Crippen molar-refractivity contribution in [2.45, 2.75) is 19.4 Å². The van der Waals surface area contributed by atoms with Gasteiger partial charge in [-0.25, -0.2) is 4.39 Å². The zero-order valence-electron chi connectivity index (χ0n) is 15.1. The molecular weight excluding hydrogens is 343 g/mol. The first kappa shape index (κ1) is 17.3. The summed E-state index contributed by atoms with van der Waals surface area (Å²) in [6.45, 7) is 4.16. The number of halogens is 1. The largest absolute Gasteiger partial charge is 0.360 e. The Morgan fingerprint density at radius 2 is 2.04 bits per heavy atom. The summed E-state index contributed by atoms with van der Waals surface area (Å²) in [5.41, 5.74) is 3.10. The first-order valence-electron chi connectivity index (χ1n) is 9.03. The number of hydrogen-bond acceptors (Lipinski definition) is 5. The van der Waals surface area contributed by atoms with E-state index in [1.807, 2.05) is 55.5 Å². The molecule has 0 amide bonds. The average Bonchev–Trinajstić information content (AvgIpc) is 3.38. The molecule has 1 aliphatic rings. The number of nitrogens with one attached hydrogen (secondary N) is 2. The highest BCUT2D eigenvalue weighted by molar-refractivity contribution is 5.81. The van der Waals surface area contributed by atoms with Gasteiger partial charge in [0.25, 0.3) is 0 Å². The first-order valence-corrected chi connectivity index (χ1v) is 9.03. The molecule has 1 atom stereocenters. The molecule has 1 aliphatic heterocycles. The second-order valence-electron chi connectivity index (χ2n) is 6.56. The third-order valence-electron chi connectivity index (χ3n) is 4.69. The van der Waals surface area contributed by atoms with Crippen LogP contribution in [0, 0.1) is 5.82 Å². The fourth-order valence-electron chi connectivity index (χ4n) is 3.12. The van der Waals surface area contributed by atoms with Gasteiger partial charge in [0.05, 0.1) is 13.1 Å². The van der Waals surface area contributed by atoms with Crippen molar-refractivity contribution in [2.75, 3.05) is 13.1 Å². The van der Waals surface area contributed by atoms with Crippen molar-refractivity contribution < 1.29 is 8.91 Å². The molecule has 0 spiro atoms. The van der Waals surface area contributed by atoms with Gasteiger partial charge in [0.2, 0.25) is 0 Å². The normalized spacial score (nSPS) is 14.5. The van der Waals surface area contributed by atoms with E-state index >= 15 is 0 Å². The Bertz CT molecular complexity index is 952. The lowest BCUT2D eigenvalue weighted by molar-refractivity contribution is 0.369. The highest BCUT2D eigenvalue weighted by Gasteiger charge is 2.17. The minimum Gasteiger partial charge on any atom is -0.360 e. The van der Waals surface area contributed by atoms with Crippen LogP contribution in [0.5, 0.6) is 0 Å². The molecular formula is C21H21FN4O. The molecule has 0 fully saturated rings. The number of guanidine groups is 1. The van der Waals surface area contributed by atoms with E-state index in [0.717, 1.165) is 35.9 Å². The second kappa shape index (κ2) is 7.61. The Balaban J connectivity index is 1.48. The second-order valence-corrected chi connectivity index (χ2v) is 6.56. The third-order valence-corrected chi connectivity index (χ3v) is 4.69. The number of benzene rings is 2. The topological polar surface area (TPSA) is 62.5 Å². The van der Waals surface area contributed by atoms with Gasteiger partial charge in [-0.15, -0.1) is 0 Å². The summed E-state index contributed by atoms with van der Waals surface area (Å²) in [5, 5.41) is 10.4. The standard InChI is InChI=1S/C21H21FN4O/c1-14(20-12-17(26-27-20)13-25-21-23-9-10-24-21)16-7-8-18(19(22)11-16)15-5-3-2-4-6-15/h2-8,11-12,14H,9-10,13H2,1H3,(H2,23,24,25). The Morgan fingerprint density at radius 3 is 2.78 bits per heavy atom. The maximum atomic E-state index is 14.6. The molecule has 0 saturated carbocycles. The molecule has 27 heavy (non-hydrogen) atoms. The van der Waals surface area contributed by atoms with Crippen molar-refractivity contribution >= 4 is 5.96 Å². The van der Waals surface area contributed by atoms with E-state index in [9.17, 15) is 4.39 Å². The van der Waals surface area contributed by atoms with Gasteiger partial charge in [0.1, 0.15) is 17.3 Å². The van der Waals surface area contributed by atoms with Crippen LogP contribution < -0.4 is 10.6 Å². The van der Waals surface area contributed by atoms with Crippen LogP contribution in [0.2, 0.25) is 0 Å². The van der Waals surface area contributed by atoms with Crippen molar-refractivity contribution in [3.05, 3.63) is 77.4 Å². The molecule has 138 valence electrons. The van der Waals surface area contributed by atoms with E-state index in [-0.39, 0.29) is 11.7 Å². The molecule has 6 heteroatoms. The van der Waals surface area contributed by atoms with Gasteiger partial charge >= 0.3 is 0 Å². The molecule has 0 aliphatic carbocycles. The SMILES string of the molecule is CC(c1ccc(-c2ccccc2)c(F)c1)c1cc(CNC2=NCCN2)no1. The fourth-order valence-corrected chi connectivity index (χ4v) is 3.12. The van der Waals surface area contributed by atoms with Crippen LogP contribution in [-0.4, -0.2) is 24.2 Å². The van der Waals surface area contributed by atoms with Crippen LogP contribution in [-0.2, 0) is 6.54 Å². The van der Waals surface area contributed by atoms with Crippen LogP contribution in [0.1, 0.15) is 29.9 Å². The number of rotatable bonds is 5. The Hall–Kier alpha value is -3.15. The summed E-state index contributed by atoms with van der Waals surface area (Å²) in [7, 11) is 0. The maximum Gasteiger partial charge on any atom is 0.191 e. The molecule has 4 rings (SSSR count). The van der Waals surface area contributed by atoms with Gasteiger partial charge in [-0.2, -0.15) is 0 Å². The van der Waals surface area contributed by atoms with E-state index in [0.29, 0.717) is 17.9 Å². The zero-order chi connectivity index (χ0) is 18.6. The predicted molar refractivity (Wildman–Crippen MR) is 103 cm³/mol. The van der Waals surface area contributed by atoms with Crippen molar-refractivity contribution in [1.82, 2.24) is 15.8 Å². The quantitative estimate of drug-likeness (QED) is 0.725. The Morgan fingerprint density at radius 1 is 1.19 bits per heavy atom. The van der Waals surface area contributed by atoms with Crippen LogP contribution in [0.15, 0.2) is 64.1 Å². The Kier molecular flexibility index (Phi) is 4.87. The molecule has 1 aromatic heterocycles. The van der Waals surface area contributed by atoms with Crippen molar-refractivity contribution in [1.29, 1.82) is 0 Å². The molecule has 0 saturated heterocycles. The minimum atomic E-state index is -0.239. The van der Waals surface area contributed by atoms with Crippen LogP contribution in [0.25, 0.3) is 11.1 Å². The van der Waals surface area contributed by atoms with Gasteiger partial charge in [-0.3, -0.25) is 4.99 Å².